The summed E-state index contributed by atoms with van der Waals surface area (Å²) in [5.41, 5.74) is 0.945. The fourth-order valence-corrected chi connectivity index (χ4v) is 4.69. The summed E-state index contributed by atoms with van der Waals surface area (Å²) in [6.45, 7) is 1.90. The van der Waals surface area contributed by atoms with Crippen molar-refractivity contribution >= 4 is 31.5 Å². The Balaban J connectivity index is 2.23. The van der Waals surface area contributed by atoms with E-state index in [4.69, 9.17) is 5.26 Å². The summed E-state index contributed by atoms with van der Waals surface area (Å²) in [5.74, 6) is 0.372. The van der Waals surface area contributed by atoms with Crippen LogP contribution in [0.1, 0.15) is 18.9 Å². The first-order valence-electron chi connectivity index (χ1n) is 5.52. The van der Waals surface area contributed by atoms with E-state index >= 15 is 0 Å². The highest BCUT2D eigenvalue weighted by molar-refractivity contribution is 9.10. The largest absolute Gasteiger partial charge is 0.378 e. The van der Waals surface area contributed by atoms with E-state index in [1.54, 1.807) is 18.2 Å². The molecule has 1 aromatic carbocycles. The third-order valence-electron chi connectivity index (χ3n) is 3.04. The number of sulfone groups is 1. The van der Waals surface area contributed by atoms with Crippen molar-refractivity contribution in [3.8, 4) is 6.07 Å². The monoisotopic (exact) mass is 328 g/mol. The summed E-state index contributed by atoms with van der Waals surface area (Å²) in [7, 11) is -2.93. The van der Waals surface area contributed by atoms with Gasteiger partial charge in [-0.05, 0) is 47.5 Å². The van der Waals surface area contributed by atoms with Crippen LogP contribution in [0.15, 0.2) is 22.7 Å². The molecule has 0 amide bonds. The Bertz CT molecular complexity index is 621. The van der Waals surface area contributed by atoms with Crippen LogP contribution in [0.4, 0.5) is 5.69 Å². The van der Waals surface area contributed by atoms with Crippen LogP contribution in [0, 0.1) is 11.3 Å². The van der Waals surface area contributed by atoms with Crippen molar-refractivity contribution in [1.29, 1.82) is 5.26 Å². The minimum Gasteiger partial charge on any atom is -0.378 e. The Morgan fingerprint density at radius 2 is 2.22 bits per heavy atom. The molecule has 1 heterocycles. The van der Waals surface area contributed by atoms with Gasteiger partial charge in [-0.15, -0.1) is 0 Å². The number of halogens is 1. The highest BCUT2D eigenvalue weighted by Gasteiger charge is 2.38. The zero-order valence-corrected chi connectivity index (χ0v) is 12.3. The Labute approximate surface area is 115 Å². The van der Waals surface area contributed by atoms with Gasteiger partial charge in [-0.25, -0.2) is 8.42 Å². The first-order chi connectivity index (χ1) is 8.34. The van der Waals surface area contributed by atoms with Gasteiger partial charge >= 0.3 is 0 Å². The molecule has 1 fully saturated rings. The number of benzene rings is 1. The van der Waals surface area contributed by atoms with E-state index in [-0.39, 0.29) is 11.5 Å². The fourth-order valence-electron chi connectivity index (χ4n) is 2.12. The van der Waals surface area contributed by atoms with E-state index in [9.17, 15) is 8.42 Å². The van der Waals surface area contributed by atoms with E-state index < -0.39 is 15.4 Å². The number of nitriles is 1. The number of hydrogen-bond donors (Lipinski definition) is 1. The van der Waals surface area contributed by atoms with E-state index in [2.05, 4.69) is 27.3 Å². The first kappa shape index (κ1) is 13.4. The summed E-state index contributed by atoms with van der Waals surface area (Å²) in [4.78, 5) is 0. The Kier molecular flexibility index (Phi) is 3.39. The second-order valence-electron chi connectivity index (χ2n) is 4.83. The van der Waals surface area contributed by atoms with Gasteiger partial charge in [-0.3, -0.25) is 0 Å². The molecule has 0 radical (unpaired) electrons. The second-order valence-corrected chi connectivity index (χ2v) is 7.87. The molecular weight excluding hydrogens is 316 g/mol. The molecule has 0 aliphatic carbocycles. The summed E-state index contributed by atoms with van der Waals surface area (Å²) in [5, 5.41) is 12.0. The molecule has 18 heavy (non-hydrogen) atoms. The lowest BCUT2D eigenvalue weighted by Crippen LogP contribution is -2.35. The predicted molar refractivity (Wildman–Crippen MR) is 74.2 cm³/mol. The lowest BCUT2D eigenvalue weighted by Gasteiger charge is -2.26. The molecule has 1 unspecified atom stereocenters. The highest BCUT2D eigenvalue weighted by Crippen LogP contribution is 2.31. The van der Waals surface area contributed by atoms with Crippen LogP contribution in [0.2, 0.25) is 0 Å². The van der Waals surface area contributed by atoms with Gasteiger partial charge in [-0.1, -0.05) is 0 Å². The molecule has 1 saturated heterocycles. The van der Waals surface area contributed by atoms with Crippen LogP contribution in [0.5, 0.6) is 0 Å². The van der Waals surface area contributed by atoms with Gasteiger partial charge in [0.25, 0.3) is 0 Å². The van der Waals surface area contributed by atoms with Gasteiger partial charge in [-0.2, -0.15) is 5.26 Å². The van der Waals surface area contributed by atoms with Crippen molar-refractivity contribution in [3.05, 3.63) is 28.2 Å². The Morgan fingerprint density at radius 1 is 1.50 bits per heavy atom. The van der Waals surface area contributed by atoms with E-state index in [1.807, 2.05) is 6.92 Å². The van der Waals surface area contributed by atoms with E-state index in [0.717, 1.165) is 10.2 Å². The zero-order chi connectivity index (χ0) is 13.4. The molecule has 1 aliphatic rings. The number of anilines is 1. The van der Waals surface area contributed by atoms with Crippen LogP contribution in [0.3, 0.4) is 0 Å². The SMILES string of the molecule is CC1(Nc2ccc(C#N)cc2Br)CCS(=O)(=O)C1. The maximum atomic E-state index is 11.5. The first-order valence-corrected chi connectivity index (χ1v) is 8.13. The number of nitrogens with one attached hydrogen (secondary N) is 1. The van der Waals surface area contributed by atoms with Gasteiger partial charge in [0, 0.05) is 15.7 Å². The minimum atomic E-state index is -2.93. The molecule has 0 spiro atoms. The topological polar surface area (TPSA) is 70.0 Å². The van der Waals surface area contributed by atoms with Gasteiger partial charge in [0.05, 0.1) is 23.1 Å². The fraction of sp³-hybridized carbons (Fsp3) is 0.417. The van der Waals surface area contributed by atoms with Gasteiger partial charge in [0.15, 0.2) is 9.84 Å². The maximum absolute atomic E-state index is 11.5. The maximum Gasteiger partial charge on any atom is 0.152 e. The van der Waals surface area contributed by atoms with Crippen LogP contribution >= 0.6 is 15.9 Å². The van der Waals surface area contributed by atoms with Crippen molar-refractivity contribution in [2.45, 2.75) is 18.9 Å². The molecular formula is C12H13BrN2O2S. The van der Waals surface area contributed by atoms with Gasteiger partial charge < -0.3 is 5.32 Å². The van der Waals surface area contributed by atoms with Crippen molar-refractivity contribution in [3.63, 3.8) is 0 Å². The third-order valence-corrected chi connectivity index (χ3v) is 5.60. The van der Waals surface area contributed by atoms with Crippen molar-refractivity contribution in [2.24, 2.45) is 0 Å². The van der Waals surface area contributed by atoms with Gasteiger partial charge in [0.2, 0.25) is 0 Å². The van der Waals surface area contributed by atoms with Crippen molar-refractivity contribution in [2.75, 3.05) is 16.8 Å². The molecule has 0 aromatic heterocycles. The summed E-state index contributed by atoms with van der Waals surface area (Å²) in [6.07, 6.45) is 0.599. The van der Waals surface area contributed by atoms with Crippen LogP contribution in [-0.4, -0.2) is 25.5 Å². The quantitative estimate of drug-likeness (QED) is 0.904. The summed E-state index contributed by atoms with van der Waals surface area (Å²) in [6, 6.07) is 7.27. The standard InChI is InChI=1S/C12H13BrN2O2S/c1-12(4-5-18(16,17)8-12)15-11-3-2-9(7-14)6-10(11)13/h2-3,6,15H,4-5,8H2,1H3. The second kappa shape index (κ2) is 4.56. The average molecular weight is 329 g/mol. The Hall–Kier alpha value is -1.06. The van der Waals surface area contributed by atoms with Crippen molar-refractivity contribution in [1.82, 2.24) is 0 Å². The number of hydrogen-bond acceptors (Lipinski definition) is 4. The van der Waals surface area contributed by atoms with Crippen molar-refractivity contribution < 1.29 is 8.42 Å². The number of rotatable bonds is 2. The molecule has 0 bridgehead atoms. The van der Waals surface area contributed by atoms with E-state index in [1.165, 1.54) is 0 Å². The van der Waals surface area contributed by atoms with E-state index in [0.29, 0.717) is 12.0 Å². The van der Waals surface area contributed by atoms with Crippen LogP contribution in [0.25, 0.3) is 0 Å². The van der Waals surface area contributed by atoms with Crippen LogP contribution in [-0.2, 0) is 9.84 Å². The molecule has 1 aliphatic heterocycles. The highest BCUT2D eigenvalue weighted by atomic mass is 79.9. The smallest absolute Gasteiger partial charge is 0.152 e. The minimum absolute atomic E-state index is 0.145. The predicted octanol–water partition coefficient (Wildman–Crippen LogP) is 2.31. The third kappa shape index (κ3) is 2.85. The summed E-state index contributed by atoms with van der Waals surface area (Å²) < 4.78 is 23.8. The summed E-state index contributed by atoms with van der Waals surface area (Å²) >= 11 is 3.38. The lowest BCUT2D eigenvalue weighted by molar-refractivity contribution is 0.574. The normalized spacial score (nSPS) is 25.6. The van der Waals surface area contributed by atoms with Gasteiger partial charge in [0.1, 0.15) is 0 Å². The molecule has 96 valence electrons. The molecule has 1 aromatic rings. The molecule has 4 nitrogen and oxygen atoms in total. The Morgan fingerprint density at radius 3 is 2.72 bits per heavy atom. The molecule has 1 N–H and O–H groups in total. The zero-order valence-electron chi connectivity index (χ0n) is 9.90. The average Bonchev–Trinajstić information content (AvgIpc) is 2.56. The molecule has 1 atom stereocenters. The van der Waals surface area contributed by atoms with Crippen LogP contribution < -0.4 is 5.32 Å². The lowest BCUT2D eigenvalue weighted by atomic mass is 10.0. The molecule has 2 rings (SSSR count). The number of nitrogens with zero attached hydrogens (tertiary/aromatic N) is 1. The molecule has 6 heteroatoms. The molecule has 0 saturated carbocycles.